The number of fused-ring (bicyclic) bond motifs is 1. The molecule has 2 aliphatic heterocycles. The molecule has 2 fully saturated rings. The van der Waals surface area contributed by atoms with Crippen LogP contribution in [0.2, 0.25) is 0 Å². The number of likely N-dealkylation sites (tertiary alicyclic amines) is 2. The van der Waals surface area contributed by atoms with E-state index in [2.05, 4.69) is 38.8 Å². The number of carbonyl (C=O) groups is 1. The van der Waals surface area contributed by atoms with Crippen LogP contribution in [0.3, 0.4) is 0 Å². The van der Waals surface area contributed by atoms with Crippen molar-refractivity contribution in [2.24, 2.45) is 5.92 Å². The van der Waals surface area contributed by atoms with Crippen LogP contribution in [0.1, 0.15) is 33.8 Å². The van der Waals surface area contributed by atoms with Gasteiger partial charge in [-0.2, -0.15) is 11.3 Å². The number of carbonyl (C=O) groups excluding carboxylic acids is 1. The van der Waals surface area contributed by atoms with Gasteiger partial charge in [-0.3, -0.25) is 9.69 Å². The maximum atomic E-state index is 13.4. The smallest absolute Gasteiger partial charge is 0.254 e. The number of rotatable bonds is 5. The largest absolute Gasteiger partial charge is 0.496 e. The molecule has 160 valence electrons. The average molecular weight is 433 g/mol. The Labute approximate surface area is 188 Å². The summed E-state index contributed by atoms with van der Waals surface area (Å²) in [6.45, 7) is 3.69. The van der Waals surface area contributed by atoms with E-state index in [0.29, 0.717) is 17.9 Å². The molecule has 0 spiro atoms. The van der Waals surface area contributed by atoms with Crippen LogP contribution in [0, 0.1) is 5.92 Å². The van der Waals surface area contributed by atoms with Gasteiger partial charge < -0.3 is 9.64 Å². The lowest BCUT2D eigenvalue weighted by molar-refractivity contribution is 0.0613. The lowest BCUT2D eigenvalue weighted by Gasteiger charge is -2.39. The molecule has 0 unspecified atom stereocenters. The molecule has 3 heterocycles. The minimum Gasteiger partial charge on any atom is -0.496 e. The van der Waals surface area contributed by atoms with E-state index in [-0.39, 0.29) is 5.91 Å². The molecule has 1 amide bonds. The van der Waals surface area contributed by atoms with Crippen molar-refractivity contribution in [3.05, 3.63) is 88.1 Å². The molecule has 2 aromatic carbocycles. The fraction of sp³-hybridized carbons (Fsp3) is 0.346. The Morgan fingerprint density at radius 1 is 1.06 bits per heavy atom. The second-order valence-electron chi connectivity index (χ2n) is 8.55. The number of piperidine rings is 1. The first-order chi connectivity index (χ1) is 15.2. The van der Waals surface area contributed by atoms with Crippen molar-refractivity contribution in [1.82, 2.24) is 9.80 Å². The van der Waals surface area contributed by atoms with Gasteiger partial charge in [0.1, 0.15) is 5.75 Å². The molecule has 0 N–H and O–H groups in total. The molecule has 4 nitrogen and oxygen atoms in total. The summed E-state index contributed by atoms with van der Waals surface area (Å²) in [6.07, 6.45) is 1.01. The predicted molar refractivity (Wildman–Crippen MR) is 125 cm³/mol. The van der Waals surface area contributed by atoms with E-state index in [1.54, 1.807) is 18.4 Å². The summed E-state index contributed by atoms with van der Waals surface area (Å²) in [6, 6.07) is 20.6. The third-order valence-corrected chi connectivity index (χ3v) is 7.56. The maximum absolute atomic E-state index is 13.4. The third-order valence-electron chi connectivity index (χ3n) is 6.85. The quantitative estimate of drug-likeness (QED) is 0.576. The molecule has 3 atom stereocenters. The summed E-state index contributed by atoms with van der Waals surface area (Å²) in [7, 11) is 1.74. The van der Waals surface area contributed by atoms with Gasteiger partial charge in [0.2, 0.25) is 0 Å². The molecule has 5 heteroatoms. The van der Waals surface area contributed by atoms with Gasteiger partial charge in [-0.25, -0.2) is 0 Å². The number of hydrogen-bond acceptors (Lipinski definition) is 4. The Bertz CT molecular complexity index is 1020. The van der Waals surface area contributed by atoms with Gasteiger partial charge >= 0.3 is 0 Å². The lowest BCUT2D eigenvalue weighted by atomic mass is 9.82. The van der Waals surface area contributed by atoms with E-state index in [4.69, 9.17) is 4.74 Å². The highest BCUT2D eigenvalue weighted by Gasteiger charge is 2.47. The van der Waals surface area contributed by atoms with Crippen LogP contribution >= 0.6 is 11.3 Å². The Morgan fingerprint density at radius 2 is 1.87 bits per heavy atom. The highest BCUT2D eigenvalue weighted by molar-refractivity contribution is 7.08. The summed E-state index contributed by atoms with van der Waals surface area (Å²) < 4.78 is 5.57. The van der Waals surface area contributed by atoms with E-state index in [1.807, 2.05) is 42.5 Å². The SMILES string of the molecule is COc1ccccc1CN1CC[C@H]2[C@@H](C1)[C@H](c1ccsc1)CN2C(=O)c1ccccc1. The van der Waals surface area contributed by atoms with Gasteiger partial charge in [0.05, 0.1) is 7.11 Å². The van der Waals surface area contributed by atoms with Crippen LogP contribution in [0.15, 0.2) is 71.4 Å². The first kappa shape index (κ1) is 20.3. The second-order valence-corrected chi connectivity index (χ2v) is 9.33. The number of hydrogen-bond donors (Lipinski definition) is 0. The molecule has 5 rings (SSSR count). The highest BCUT2D eigenvalue weighted by Crippen LogP contribution is 2.43. The Balaban J connectivity index is 1.39. The van der Waals surface area contributed by atoms with Crippen molar-refractivity contribution in [3.8, 4) is 5.75 Å². The van der Waals surface area contributed by atoms with Gasteiger partial charge in [-0.05, 0) is 47.0 Å². The molecule has 2 saturated heterocycles. The molecule has 2 aliphatic rings. The fourth-order valence-electron chi connectivity index (χ4n) is 5.34. The number of benzene rings is 2. The molecule has 0 radical (unpaired) electrons. The molecule has 31 heavy (non-hydrogen) atoms. The van der Waals surface area contributed by atoms with Crippen LogP contribution < -0.4 is 4.74 Å². The van der Waals surface area contributed by atoms with Gasteiger partial charge in [-0.1, -0.05) is 36.4 Å². The zero-order valence-corrected chi connectivity index (χ0v) is 18.6. The molecular weight excluding hydrogens is 404 g/mol. The molecule has 0 aliphatic carbocycles. The summed E-state index contributed by atoms with van der Waals surface area (Å²) in [5.41, 5.74) is 3.40. The Kier molecular flexibility index (Phi) is 5.79. The minimum absolute atomic E-state index is 0.173. The molecule has 0 saturated carbocycles. The second kappa shape index (κ2) is 8.85. The topological polar surface area (TPSA) is 32.8 Å². The van der Waals surface area contributed by atoms with Gasteiger partial charge in [0.15, 0.2) is 0 Å². The predicted octanol–water partition coefficient (Wildman–Crippen LogP) is 4.89. The van der Waals surface area contributed by atoms with Gasteiger partial charge in [-0.15, -0.1) is 0 Å². The molecule has 1 aromatic heterocycles. The first-order valence-electron chi connectivity index (χ1n) is 11.0. The number of para-hydroxylation sites is 1. The zero-order valence-electron chi connectivity index (χ0n) is 17.8. The number of ether oxygens (including phenoxy) is 1. The van der Waals surface area contributed by atoms with E-state index in [9.17, 15) is 4.79 Å². The standard InChI is InChI=1S/C26H28N2O2S/c1-30-25-10-6-5-9-20(25)15-27-13-11-24-23(16-27)22(21-12-14-31-18-21)17-28(24)26(29)19-7-3-2-4-8-19/h2-10,12,14,18,22-24H,11,13,15-17H2,1H3/t22-,23-,24-/m0/s1. The number of thiophene rings is 1. The summed E-state index contributed by atoms with van der Waals surface area (Å²) >= 11 is 1.75. The van der Waals surface area contributed by atoms with Crippen molar-refractivity contribution >= 4 is 17.2 Å². The zero-order chi connectivity index (χ0) is 21.2. The summed E-state index contributed by atoms with van der Waals surface area (Å²) in [4.78, 5) is 18.1. The monoisotopic (exact) mass is 432 g/mol. The lowest BCUT2D eigenvalue weighted by Crippen LogP contribution is -2.47. The third kappa shape index (κ3) is 4.00. The van der Waals surface area contributed by atoms with Crippen molar-refractivity contribution in [1.29, 1.82) is 0 Å². The van der Waals surface area contributed by atoms with Gasteiger partial charge in [0, 0.05) is 55.2 Å². The minimum atomic E-state index is 0.173. The van der Waals surface area contributed by atoms with Gasteiger partial charge in [0.25, 0.3) is 5.91 Å². The van der Waals surface area contributed by atoms with Crippen molar-refractivity contribution in [3.63, 3.8) is 0 Å². The van der Waals surface area contributed by atoms with E-state index in [0.717, 1.165) is 43.9 Å². The van der Waals surface area contributed by atoms with Crippen LogP contribution in [0.25, 0.3) is 0 Å². The molecule has 0 bridgehead atoms. The number of amides is 1. The summed E-state index contributed by atoms with van der Waals surface area (Å²) in [5, 5.41) is 4.42. The Morgan fingerprint density at radius 3 is 2.65 bits per heavy atom. The van der Waals surface area contributed by atoms with Crippen LogP contribution in [-0.2, 0) is 6.54 Å². The Hall–Kier alpha value is -2.63. The van der Waals surface area contributed by atoms with E-state index < -0.39 is 0 Å². The first-order valence-corrected chi connectivity index (χ1v) is 11.9. The van der Waals surface area contributed by atoms with Crippen LogP contribution in [-0.4, -0.2) is 48.5 Å². The highest BCUT2D eigenvalue weighted by atomic mass is 32.1. The van der Waals surface area contributed by atoms with Crippen molar-refractivity contribution in [2.75, 3.05) is 26.7 Å². The molecular formula is C26H28N2O2S. The maximum Gasteiger partial charge on any atom is 0.254 e. The fourth-order valence-corrected chi connectivity index (χ4v) is 6.07. The molecule has 3 aromatic rings. The van der Waals surface area contributed by atoms with Crippen molar-refractivity contribution in [2.45, 2.75) is 24.9 Å². The normalized spacial score (nSPS) is 23.5. The van der Waals surface area contributed by atoms with E-state index in [1.165, 1.54) is 11.1 Å². The van der Waals surface area contributed by atoms with E-state index >= 15 is 0 Å². The number of nitrogens with zero attached hydrogens (tertiary/aromatic N) is 2. The van der Waals surface area contributed by atoms with Crippen LogP contribution in [0.4, 0.5) is 0 Å². The average Bonchev–Trinajstić information content (AvgIpc) is 3.47. The number of methoxy groups -OCH3 is 1. The van der Waals surface area contributed by atoms with Crippen molar-refractivity contribution < 1.29 is 9.53 Å². The van der Waals surface area contributed by atoms with Crippen LogP contribution in [0.5, 0.6) is 5.75 Å². The summed E-state index contributed by atoms with van der Waals surface area (Å²) in [5.74, 6) is 1.97.